The highest BCUT2D eigenvalue weighted by Crippen LogP contribution is 2.42. The Bertz CT molecular complexity index is 2960. The first kappa shape index (κ1) is 31.1. The van der Waals surface area contributed by atoms with Crippen LogP contribution in [0.25, 0.3) is 111 Å². The number of hydrogen-bond acceptors (Lipinski definition) is 5. The number of fused-ring (bicyclic) bond motifs is 6. The van der Waals surface area contributed by atoms with Crippen molar-refractivity contribution >= 4 is 43.9 Å². The van der Waals surface area contributed by atoms with Crippen molar-refractivity contribution in [3.8, 4) is 67.4 Å². The molecule has 0 atom stereocenters. The molecule has 0 saturated heterocycles. The van der Waals surface area contributed by atoms with Gasteiger partial charge in [-0.05, 0) is 46.5 Å². The molecular weight excluding hydrogens is 677 g/mol. The van der Waals surface area contributed by atoms with Gasteiger partial charge in [-0.2, -0.15) is 0 Å². The predicted molar refractivity (Wildman–Crippen MR) is 221 cm³/mol. The summed E-state index contributed by atoms with van der Waals surface area (Å²) in [5, 5.41) is 13.2. The Morgan fingerprint density at radius 2 is 0.527 bits per heavy atom. The second-order valence-electron chi connectivity index (χ2n) is 13.7. The number of aromatic nitrogens is 2. The number of rotatable bonds is 6. The highest BCUT2D eigenvalue weighted by atomic mass is 16.4. The van der Waals surface area contributed by atoms with Crippen LogP contribution in [0.3, 0.4) is 0 Å². The van der Waals surface area contributed by atoms with Gasteiger partial charge >= 0.3 is 0 Å². The molecule has 11 aromatic rings. The number of para-hydroxylation sites is 4. The first-order chi connectivity index (χ1) is 27.3. The number of benzene rings is 8. The topological polar surface area (TPSA) is 65.2 Å². The van der Waals surface area contributed by atoms with E-state index in [4.69, 9.17) is 13.3 Å². The molecule has 5 heteroatoms. The second-order valence-corrected chi connectivity index (χ2v) is 13.7. The third kappa shape index (κ3) is 5.17. The van der Waals surface area contributed by atoms with E-state index in [0.717, 1.165) is 99.5 Å². The maximum absolute atomic E-state index is 6.64. The maximum atomic E-state index is 6.64. The standard InChI is InChI=1S/C50H30N2O3/c1-3-11-31(12-4-1)37-15-7-19-41-43-21-9-17-39(47(43)53-45(37)41)33-23-27-35(28-24-33)49-51-52-50(55-49)36-29-25-34(26-30-36)40-18-10-22-44-42-20-8-16-38(46(42)54-48(40)44)32-13-5-2-6-14-32/h1-30H. The molecule has 0 aliphatic rings. The van der Waals surface area contributed by atoms with Gasteiger partial charge in [0.05, 0.1) is 0 Å². The molecule has 3 aromatic heterocycles. The van der Waals surface area contributed by atoms with E-state index in [9.17, 15) is 0 Å². The normalized spacial score (nSPS) is 11.6. The molecule has 8 aromatic carbocycles. The van der Waals surface area contributed by atoms with E-state index in [1.54, 1.807) is 0 Å². The Hall–Kier alpha value is -7.50. The summed E-state index contributed by atoms with van der Waals surface area (Å²) in [6, 6.07) is 62.4. The van der Waals surface area contributed by atoms with Gasteiger partial charge in [0.15, 0.2) is 0 Å². The van der Waals surface area contributed by atoms with Crippen LogP contribution in [-0.2, 0) is 0 Å². The lowest BCUT2D eigenvalue weighted by Gasteiger charge is -2.04. The minimum absolute atomic E-state index is 0.460. The van der Waals surface area contributed by atoms with Crippen LogP contribution < -0.4 is 0 Å². The Balaban J connectivity index is 0.883. The minimum Gasteiger partial charge on any atom is -0.455 e. The van der Waals surface area contributed by atoms with Gasteiger partial charge in [0.25, 0.3) is 0 Å². The quantitative estimate of drug-likeness (QED) is 0.172. The van der Waals surface area contributed by atoms with Gasteiger partial charge in [0.1, 0.15) is 22.3 Å². The molecule has 0 aliphatic carbocycles. The van der Waals surface area contributed by atoms with E-state index in [-0.39, 0.29) is 0 Å². The van der Waals surface area contributed by atoms with E-state index in [2.05, 4.69) is 156 Å². The maximum Gasteiger partial charge on any atom is 0.248 e. The summed E-state index contributed by atoms with van der Waals surface area (Å²) in [6.07, 6.45) is 0. The van der Waals surface area contributed by atoms with Crippen LogP contribution >= 0.6 is 0 Å². The SMILES string of the molecule is c1ccc(-c2cccc3c2oc2c(-c4ccc(-c5nnc(-c6ccc(-c7cccc8c7oc7c(-c9ccccc9)cccc78)cc6)o5)cc4)cccc23)cc1. The van der Waals surface area contributed by atoms with Crippen molar-refractivity contribution in [3.63, 3.8) is 0 Å². The van der Waals surface area contributed by atoms with Gasteiger partial charge in [0, 0.05) is 54.9 Å². The Labute approximate surface area is 315 Å². The van der Waals surface area contributed by atoms with Crippen molar-refractivity contribution in [2.24, 2.45) is 0 Å². The third-order valence-corrected chi connectivity index (χ3v) is 10.5. The molecule has 258 valence electrons. The Morgan fingerprint density at radius 3 is 0.855 bits per heavy atom. The van der Waals surface area contributed by atoms with Crippen molar-refractivity contribution in [1.29, 1.82) is 0 Å². The molecule has 0 unspecified atom stereocenters. The Morgan fingerprint density at radius 1 is 0.236 bits per heavy atom. The minimum atomic E-state index is 0.460. The average Bonchev–Trinajstić information content (AvgIpc) is 4.01. The molecule has 0 amide bonds. The molecule has 0 radical (unpaired) electrons. The average molecular weight is 707 g/mol. The van der Waals surface area contributed by atoms with E-state index in [1.807, 2.05) is 36.4 Å². The van der Waals surface area contributed by atoms with Crippen LogP contribution in [-0.4, -0.2) is 10.2 Å². The van der Waals surface area contributed by atoms with Crippen LogP contribution in [0.1, 0.15) is 0 Å². The Kier molecular flexibility index (Phi) is 7.10. The summed E-state index contributed by atoms with van der Waals surface area (Å²) in [5.74, 6) is 0.919. The molecule has 0 saturated carbocycles. The third-order valence-electron chi connectivity index (χ3n) is 10.5. The van der Waals surface area contributed by atoms with Gasteiger partial charge in [-0.3, -0.25) is 0 Å². The summed E-state index contributed by atoms with van der Waals surface area (Å²) in [5.41, 5.74) is 13.8. The summed E-state index contributed by atoms with van der Waals surface area (Å²) < 4.78 is 19.5. The fourth-order valence-corrected chi connectivity index (χ4v) is 7.83. The van der Waals surface area contributed by atoms with Crippen molar-refractivity contribution in [1.82, 2.24) is 10.2 Å². The second kappa shape index (κ2) is 12.6. The van der Waals surface area contributed by atoms with Crippen molar-refractivity contribution in [2.75, 3.05) is 0 Å². The summed E-state index contributed by atoms with van der Waals surface area (Å²) >= 11 is 0. The van der Waals surface area contributed by atoms with Crippen molar-refractivity contribution in [2.45, 2.75) is 0 Å². The number of hydrogen-bond donors (Lipinski definition) is 0. The zero-order chi connectivity index (χ0) is 36.3. The van der Waals surface area contributed by atoms with E-state index in [1.165, 1.54) is 0 Å². The molecule has 0 spiro atoms. The van der Waals surface area contributed by atoms with Gasteiger partial charge in [0.2, 0.25) is 11.8 Å². The molecule has 0 fully saturated rings. The first-order valence-electron chi connectivity index (χ1n) is 18.3. The van der Waals surface area contributed by atoms with E-state index >= 15 is 0 Å². The van der Waals surface area contributed by atoms with Gasteiger partial charge in [-0.25, -0.2) is 0 Å². The molecule has 11 rings (SSSR count). The highest BCUT2D eigenvalue weighted by Gasteiger charge is 2.18. The molecule has 55 heavy (non-hydrogen) atoms. The molecular formula is C50H30N2O3. The zero-order valence-corrected chi connectivity index (χ0v) is 29.4. The summed E-state index contributed by atoms with van der Waals surface area (Å²) in [7, 11) is 0. The zero-order valence-electron chi connectivity index (χ0n) is 29.4. The number of nitrogens with zero attached hydrogens (tertiary/aromatic N) is 2. The van der Waals surface area contributed by atoms with Crippen LogP contribution in [0.4, 0.5) is 0 Å². The first-order valence-corrected chi connectivity index (χ1v) is 18.3. The lowest BCUT2D eigenvalue weighted by Crippen LogP contribution is -1.81. The fraction of sp³-hybridized carbons (Fsp3) is 0. The fourth-order valence-electron chi connectivity index (χ4n) is 7.83. The monoisotopic (exact) mass is 706 g/mol. The molecule has 0 aliphatic heterocycles. The van der Waals surface area contributed by atoms with Gasteiger partial charge in [-0.1, -0.05) is 158 Å². The van der Waals surface area contributed by atoms with E-state index in [0.29, 0.717) is 11.8 Å². The van der Waals surface area contributed by atoms with Crippen molar-refractivity contribution in [3.05, 3.63) is 182 Å². The van der Waals surface area contributed by atoms with Crippen LogP contribution in [0.2, 0.25) is 0 Å². The van der Waals surface area contributed by atoms with E-state index < -0.39 is 0 Å². The molecule has 0 bridgehead atoms. The van der Waals surface area contributed by atoms with Gasteiger partial charge in [-0.15, -0.1) is 10.2 Å². The summed E-state index contributed by atoms with van der Waals surface area (Å²) in [6.45, 7) is 0. The largest absolute Gasteiger partial charge is 0.455 e. The number of furan rings is 2. The van der Waals surface area contributed by atoms with Gasteiger partial charge < -0.3 is 13.3 Å². The predicted octanol–water partition coefficient (Wildman–Crippen LogP) is 13.9. The summed E-state index contributed by atoms with van der Waals surface area (Å²) in [4.78, 5) is 0. The van der Waals surface area contributed by atoms with Crippen molar-refractivity contribution < 1.29 is 13.3 Å². The molecule has 3 heterocycles. The van der Waals surface area contributed by atoms with Crippen LogP contribution in [0, 0.1) is 0 Å². The molecule has 5 nitrogen and oxygen atoms in total. The lowest BCUT2D eigenvalue weighted by atomic mass is 9.99. The van der Waals surface area contributed by atoms with Crippen LogP contribution in [0.5, 0.6) is 0 Å². The molecule has 0 N–H and O–H groups in total. The smallest absolute Gasteiger partial charge is 0.248 e. The van der Waals surface area contributed by atoms with Crippen LogP contribution in [0.15, 0.2) is 195 Å². The highest BCUT2D eigenvalue weighted by molar-refractivity contribution is 6.14. The lowest BCUT2D eigenvalue weighted by molar-refractivity contribution is 0.584.